The van der Waals surface area contributed by atoms with Gasteiger partial charge in [-0.05, 0) is 38.5 Å². The summed E-state index contributed by atoms with van der Waals surface area (Å²) in [7, 11) is 0. The molecule has 2 aromatic heterocycles. The first-order valence-electron chi connectivity index (χ1n) is 10.5. The number of ether oxygens (including phenoxy) is 1. The highest BCUT2D eigenvalue weighted by molar-refractivity contribution is 8.26. The maximum atomic E-state index is 13.6. The number of pyridine rings is 1. The van der Waals surface area contributed by atoms with Gasteiger partial charge in [-0.15, -0.1) is 0 Å². The Hall–Kier alpha value is -2.76. The second-order valence-corrected chi connectivity index (χ2v) is 9.85. The lowest BCUT2D eigenvalue weighted by molar-refractivity contribution is -0.137. The van der Waals surface area contributed by atoms with Gasteiger partial charge in [0.05, 0.1) is 29.1 Å². The molecule has 2 saturated heterocycles. The van der Waals surface area contributed by atoms with E-state index in [9.17, 15) is 14.4 Å². The van der Waals surface area contributed by atoms with Gasteiger partial charge >= 0.3 is 5.97 Å². The van der Waals surface area contributed by atoms with E-state index in [1.54, 1.807) is 12.3 Å². The van der Waals surface area contributed by atoms with Crippen molar-refractivity contribution < 1.29 is 19.4 Å². The normalized spacial score (nSPS) is 22.6. The summed E-state index contributed by atoms with van der Waals surface area (Å²) in [4.78, 5) is 45.8. The van der Waals surface area contributed by atoms with Crippen molar-refractivity contribution in [2.24, 2.45) is 0 Å². The number of thioether (sulfide) groups is 1. The van der Waals surface area contributed by atoms with E-state index in [-0.39, 0.29) is 45.5 Å². The second-order valence-electron chi connectivity index (χ2n) is 8.18. The summed E-state index contributed by atoms with van der Waals surface area (Å²) in [6.07, 6.45) is 2.88. The molecule has 0 spiro atoms. The number of amides is 1. The molecule has 33 heavy (non-hydrogen) atoms. The van der Waals surface area contributed by atoms with Gasteiger partial charge in [-0.1, -0.05) is 30.0 Å². The number of aliphatic carboxylic acids is 1. The molecule has 9 nitrogen and oxygen atoms in total. The number of rotatable bonds is 5. The lowest BCUT2D eigenvalue weighted by Crippen LogP contribution is -2.46. The van der Waals surface area contributed by atoms with Crippen molar-refractivity contribution in [1.82, 2.24) is 14.3 Å². The van der Waals surface area contributed by atoms with E-state index in [1.165, 1.54) is 15.4 Å². The van der Waals surface area contributed by atoms with Crippen LogP contribution in [0.4, 0.5) is 5.82 Å². The van der Waals surface area contributed by atoms with Gasteiger partial charge in [0.1, 0.15) is 15.8 Å². The molecule has 0 radical (unpaired) electrons. The molecule has 0 saturated carbocycles. The van der Waals surface area contributed by atoms with E-state index < -0.39 is 11.9 Å². The van der Waals surface area contributed by atoms with Gasteiger partial charge in [-0.2, -0.15) is 0 Å². The molecule has 174 valence electrons. The number of anilines is 1. The fraction of sp³-hybridized carbons (Fsp3) is 0.409. The van der Waals surface area contributed by atoms with Crippen LogP contribution in [0, 0.1) is 6.92 Å². The third-order valence-corrected chi connectivity index (χ3v) is 6.86. The molecule has 11 heteroatoms. The zero-order valence-electron chi connectivity index (χ0n) is 18.5. The molecule has 1 amide bonds. The van der Waals surface area contributed by atoms with Crippen LogP contribution >= 0.6 is 24.0 Å². The van der Waals surface area contributed by atoms with Crippen LogP contribution in [0.25, 0.3) is 11.7 Å². The number of nitrogens with zero attached hydrogens (tertiary/aromatic N) is 4. The summed E-state index contributed by atoms with van der Waals surface area (Å²) in [6.45, 7) is 6.92. The molecule has 4 rings (SSSR count). The summed E-state index contributed by atoms with van der Waals surface area (Å²) >= 11 is 6.35. The summed E-state index contributed by atoms with van der Waals surface area (Å²) < 4.78 is 7.59. The van der Waals surface area contributed by atoms with Crippen LogP contribution in [0.1, 0.15) is 31.4 Å². The van der Waals surface area contributed by atoms with Crippen LogP contribution in [0.5, 0.6) is 0 Å². The predicted octanol–water partition coefficient (Wildman–Crippen LogP) is 2.29. The Bertz CT molecular complexity index is 1230. The number of hydrogen-bond donors (Lipinski definition) is 1. The number of morpholine rings is 1. The summed E-state index contributed by atoms with van der Waals surface area (Å²) in [5, 5.41) is 8.96. The van der Waals surface area contributed by atoms with Crippen molar-refractivity contribution in [2.45, 2.75) is 39.4 Å². The minimum atomic E-state index is -1.02. The molecule has 0 bridgehead atoms. The van der Waals surface area contributed by atoms with E-state index in [4.69, 9.17) is 27.0 Å². The monoisotopic (exact) mass is 488 g/mol. The van der Waals surface area contributed by atoms with Crippen molar-refractivity contribution in [1.29, 1.82) is 0 Å². The van der Waals surface area contributed by atoms with Crippen molar-refractivity contribution in [3.63, 3.8) is 0 Å². The predicted molar refractivity (Wildman–Crippen MR) is 131 cm³/mol. The van der Waals surface area contributed by atoms with E-state index in [2.05, 4.69) is 0 Å². The highest BCUT2D eigenvalue weighted by atomic mass is 32.2. The maximum absolute atomic E-state index is 13.6. The third-order valence-electron chi connectivity index (χ3n) is 5.48. The van der Waals surface area contributed by atoms with Gasteiger partial charge < -0.3 is 14.7 Å². The van der Waals surface area contributed by atoms with Crippen LogP contribution in [-0.4, -0.2) is 67.4 Å². The van der Waals surface area contributed by atoms with Crippen molar-refractivity contribution in [3.05, 3.63) is 44.7 Å². The average Bonchev–Trinajstić information content (AvgIpc) is 3.00. The average molecular weight is 489 g/mol. The number of carboxylic acids is 1. The largest absolute Gasteiger partial charge is 0.481 e. The molecule has 0 aliphatic carbocycles. The molecule has 0 aromatic carbocycles. The Labute approximate surface area is 200 Å². The molecule has 2 unspecified atom stereocenters. The first-order chi connectivity index (χ1) is 15.7. The highest BCUT2D eigenvalue weighted by Gasteiger charge is 2.34. The third kappa shape index (κ3) is 4.66. The number of carbonyl (C=O) groups excluding carboxylic acids is 1. The van der Waals surface area contributed by atoms with Gasteiger partial charge in [0.25, 0.3) is 11.5 Å². The number of carboxylic acid groups (broad SMARTS) is 1. The van der Waals surface area contributed by atoms with E-state index >= 15 is 0 Å². The number of hydrogen-bond acceptors (Lipinski definition) is 8. The van der Waals surface area contributed by atoms with E-state index in [0.717, 1.165) is 17.3 Å². The molecule has 4 heterocycles. The van der Waals surface area contributed by atoms with Crippen molar-refractivity contribution in [2.75, 3.05) is 24.5 Å². The highest BCUT2D eigenvalue weighted by Crippen LogP contribution is 2.34. The smallest absolute Gasteiger partial charge is 0.305 e. The van der Waals surface area contributed by atoms with Gasteiger partial charge in [0.2, 0.25) is 0 Å². The Kier molecular flexibility index (Phi) is 6.55. The minimum absolute atomic E-state index is 0.0170. The molecule has 2 atom stereocenters. The number of thiocarbonyl (C=S) groups is 1. The lowest BCUT2D eigenvalue weighted by Gasteiger charge is -2.36. The van der Waals surface area contributed by atoms with Gasteiger partial charge in [0.15, 0.2) is 0 Å². The van der Waals surface area contributed by atoms with Crippen molar-refractivity contribution in [3.8, 4) is 0 Å². The van der Waals surface area contributed by atoms with Crippen LogP contribution in [0.15, 0.2) is 28.0 Å². The van der Waals surface area contributed by atoms with Crippen LogP contribution in [0.3, 0.4) is 0 Å². The maximum Gasteiger partial charge on any atom is 0.305 e. The zero-order valence-corrected chi connectivity index (χ0v) is 20.1. The first kappa shape index (κ1) is 23.4. The van der Waals surface area contributed by atoms with Gasteiger partial charge in [-0.25, -0.2) is 4.98 Å². The minimum Gasteiger partial charge on any atom is -0.481 e. The molecule has 2 fully saturated rings. The van der Waals surface area contributed by atoms with E-state index in [0.29, 0.717) is 24.6 Å². The molecule has 2 aromatic rings. The second kappa shape index (κ2) is 9.24. The van der Waals surface area contributed by atoms with Gasteiger partial charge in [-0.3, -0.25) is 23.7 Å². The molecular formula is C22H24N4O5S2. The Balaban J connectivity index is 1.83. The Morgan fingerprint density at radius 2 is 2.03 bits per heavy atom. The quantitative estimate of drug-likeness (QED) is 0.501. The SMILES string of the molecule is Cc1cccn2c(=O)c(C=C3SC(=S)N(CCC(=O)O)C3=O)c(N3CC(C)OC(C)C3)nc12. The Morgan fingerprint density at radius 3 is 2.70 bits per heavy atom. The first-order valence-corrected chi connectivity index (χ1v) is 11.8. The number of aryl methyl sites for hydroxylation is 1. The Morgan fingerprint density at radius 1 is 1.33 bits per heavy atom. The van der Waals surface area contributed by atoms with Crippen LogP contribution in [0.2, 0.25) is 0 Å². The van der Waals surface area contributed by atoms with Crippen molar-refractivity contribution >= 4 is 57.7 Å². The fourth-order valence-corrected chi connectivity index (χ4v) is 5.34. The van der Waals surface area contributed by atoms with Crippen LogP contribution in [-0.2, 0) is 14.3 Å². The number of carbonyl (C=O) groups is 2. The van der Waals surface area contributed by atoms with Crippen LogP contribution < -0.4 is 10.5 Å². The lowest BCUT2D eigenvalue weighted by atomic mass is 10.1. The summed E-state index contributed by atoms with van der Waals surface area (Å²) in [6, 6.07) is 3.67. The number of aromatic nitrogens is 2. The standard InChI is InChI=1S/C22H24N4O5S2/c1-12-5-4-7-25-18(12)23-19(24-10-13(2)31-14(3)11-24)15(20(25)29)9-16-21(30)26(22(32)33-16)8-6-17(27)28/h4-5,7,9,13-14H,6,8,10-11H2,1-3H3,(H,27,28). The molecule has 2 aliphatic heterocycles. The molecular weight excluding hydrogens is 464 g/mol. The summed E-state index contributed by atoms with van der Waals surface area (Å²) in [5.74, 6) is -0.931. The molecule has 1 N–H and O–H groups in total. The summed E-state index contributed by atoms with van der Waals surface area (Å²) in [5.41, 5.74) is 1.41. The van der Waals surface area contributed by atoms with Gasteiger partial charge in [0, 0.05) is 25.8 Å². The molecule has 2 aliphatic rings. The number of fused-ring (bicyclic) bond motifs is 1. The van der Waals surface area contributed by atoms with E-state index in [1.807, 2.05) is 31.7 Å². The zero-order chi connectivity index (χ0) is 23.9. The fourth-order valence-electron chi connectivity index (χ4n) is 4.05. The topological polar surface area (TPSA) is 104 Å².